The van der Waals surface area contributed by atoms with Gasteiger partial charge in [0.05, 0.1) is 0 Å². The van der Waals surface area contributed by atoms with Gasteiger partial charge >= 0.3 is 0 Å². The van der Waals surface area contributed by atoms with Crippen LogP contribution in [0.25, 0.3) is 0 Å². The first-order valence-corrected chi connectivity index (χ1v) is 9.73. The molecule has 144 valence electrons. The summed E-state index contributed by atoms with van der Waals surface area (Å²) in [6.07, 6.45) is 6.57. The zero-order valence-corrected chi connectivity index (χ0v) is 16.7. The molecule has 1 amide bonds. The minimum Gasteiger partial charge on any atom is -0.356 e. The predicted octanol–water partition coefficient (Wildman–Crippen LogP) is 3.32. The Bertz CT molecular complexity index is 618. The number of carbonyl (C=O) groups is 1. The summed E-state index contributed by atoms with van der Waals surface area (Å²) < 4.78 is 0. The monoisotopic (exact) mass is 358 g/mol. The van der Waals surface area contributed by atoms with E-state index >= 15 is 0 Å². The zero-order valence-electron chi connectivity index (χ0n) is 16.7. The van der Waals surface area contributed by atoms with Gasteiger partial charge in [0.25, 0.3) is 5.91 Å². The lowest BCUT2D eigenvalue weighted by Gasteiger charge is -2.32. The van der Waals surface area contributed by atoms with Crippen LogP contribution in [-0.4, -0.2) is 32.5 Å². The van der Waals surface area contributed by atoms with E-state index in [1.54, 1.807) is 14.1 Å². The second-order valence-corrected chi connectivity index (χ2v) is 7.86. The van der Waals surface area contributed by atoms with Gasteiger partial charge in [-0.1, -0.05) is 38.8 Å². The number of hydrogen-bond donors (Lipinski definition) is 3. The number of aliphatic imine (C=N–C) groups is 1. The first-order valence-electron chi connectivity index (χ1n) is 9.73. The molecule has 1 aromatic carbocycles. The van der Waals surface area contributed by atoms with Crippen LogP contribution in [-0.2, 0) is 6.54 Å². The summed E-state index contributed by atoms with van der Waals surface area (Å²) in [6.45, 7) is 6.24. The largest absolute Gasteiger partial charge is 0.356 e. The van der Waals surface area contributed by atoms with Gasteiger partial charge in [0.2, 0.25) is 0 Å². The van der Waals surface area contributed by atoms with Gasteiger partial charge in [0, 0.05) is 32.7 Å². The Kier molecular flexibility index (Phi) is 7.49. The number of guanidine groups is 1. The van der Waals surface area contributed by atoms with E-state index in [-0.39, 0.29) is 5.91 Å². The highest BCUT2D eigenvalue weighted by Crippen LogP contribution is 2.42. The molecule has 1 aliphatic rings. The summed E-state index contributed by atoms with van der Waals surface area (Å²) in [4.78, 5) is 16.1. The van der Waals surface area contributed by atoms with Crippen molar-refractivity contribution in [1.82, 2.24) is 16.0 Å². The zero-order chi connectivity index (χ0) is 19.0. The van der Waals surface area contributed by atoms with Gasteiger partial charge in [-0.3, -0.25) is 9.79 Å². The molecule has 0 radical (unpaired) electrons. The van der Waals surface area contributed by atoms with Crippen LogP contribution < -0.4 is 16.0 Å². The van der Waals surface area contributed by atoms with Crippen molar-refractivity contribution in [3.8, 4) is 0 Å². The minimum atomic E-state index is -0.0637. The Balaban J connectivity index is 1.91. The molecule has 26 heavy (non-hydrogen) atoms. The van der Waals surface area contributed by atoms with Crippen LogP contribution in [0.3, 0.4) is 0 Å². The molecule has 0 aliphatic heterocycles. The Morgan fingerprint density at radius 1 is 1.23 bits per heavy atom. The summed E-state index contributed by atoms with van der Waals surface area (Å²) in [5, 5.41) is 9.57. The molecule has 0 bridgehead atoms. The van der Waals surface area contributed by atoms with Crippen LogP contribution in [0.5, 0.6) is 0 Å². The second kappa shape index (κ2) is 9.60. The van der Waals surface area contributed by atoms with Crippen molar-refractivity contribution in [3.05, 3.63) is 35.4 Å². The van der Waals surface area contributed by atoms with E-state index in [9.17, 15) is 4.79 Å². The SMILES string of the molecule is CN=C(NCc1cccc(C(=O)NC)c1)NCC1(CC(C)C)CCCC1. The fourth-order valence-corrected chi connectivity index (χ4v) is 4.09. The summed E-state index contributed by atoms with van der Waals surface area (Å²) in [5.41, 5.74) is 2.15. The average Bonchev–Trinajstić information content (AvgIpc) is 3.09. The molecule has 1 fully saturated rings. The summed E-state index contributed by atoms with van der Waals surface area (Å²) in [7, 11) is 3.45. The van der Waals surface area contributed by atoms with E-state index in [4.69, 9.17) is 0 Å². The first kappa shape index (κ1) is 20.3. The average molecular weight is 359 g/mol. The minimum absolute atomic E-state index is 0.0637. The van der Waals surface area contributed by atoms with E-state index in [2.05, 4.69) is 34.8 Å². The molecule has 0 atom stereocenters. The second-order valence-electron chi connectivity index (χ2n) is 7.86. The van der Waals surface area contributed by atoms with Crippen molar-refractivity contribution in [2.45, 2.75) is 52.5 Å². The van der Waals surface area contributed by atoms with Crippen molar-refractivity contribution < 1.29 is 4.79 Å². The number of amides is 1. The molecule has 1 saturated carbocycles. The maximum absolute atomic E-state index is 11.8. The summed E-state index contributed by atoms with van der Waals surface area (Å²) in [6, 6.07) is 7.67. The molecular weight excluding hydrogens is 324 g/mol. The molecular formula is C21H34N4O. The van der Waals surface area contributed by atoms with Crippen LogP contribution >= 0.6 is 0 Å². The molecule has 0 aromatic heterocycles. The normalized spacial score (nSPS) is 16.6. The third-order valence-electron chi connectivity index (χ3n) is 5.24. The van der Waals surface area contributed by atoms with Gasteiger partial charge in [0.15, 0.2) is 5.96 Å². The Morgan fingerprint density at radius 3 is 2.58 bits per heavy atom. The van der Waals surface area contributed by atoms with Gasteiger partial charge in [-0.05, 0) is 48.3 Å². The standard InChI is InChI=1S/C21H34N4O/c1-16(2)13-21(10-5-6-11-21)15-25-20(23-4)24-14-17-8-7-9-18(12-17)19(26)22-3/h7-9,12,16H,5-6,10-11,13-15H2,1-4H3,(H,22,26)(H2,23,24,25). The third kappa shape index (κ3) is 5.75. The lowest BCUT2D eigenvalue weighted by molar-refractivity contribution is 0.0963. The molecule has 2 rings (SSSR count). The van der Waals surface area contributed by atoms with E-state index in [1.165, 1.54) is 32.1 Å². The molecule has 0 spiro atoms. The number of carbonyl (C=O) groups excluding carboxylic acids is 1. The number of nitrogens with zero attached hydrogens (tertiary/aromatic N) is 1. The van der Waals surface area contributed by atoms with Crippen LogP contribution in [0, 0.1) is 11.3 Å². The van der Waals surface area contributed by atoms with Gasteiger partial charge in [-0.15, -0.1) is 0 Å². The highest BCUT2D eigenvalue weighted by molar-refractivity contribution is 5.94. The summed E-state index contributed by atoms with van der Waals surface area (Å²) in [5.74, 6) is 1.48. The molecule has 1 aliphatic carbocycles. The van der Waals surface area contributed by atoms with Crippen LogP contribution in [0.2, 0.25) is 0 Å². The summed E-state index contributed by atoms with van der Waals surface area (Å²) >= 11 is 0. The van der Waals surface area contributed by atoms with Crippen molar-refractivity contribution >= 4 is 11.9 Å². The maximum Gasteiger partial charge on any atom is 0.251 e. The number of rotatable bonds is 7. The van der Waals surface area contributed by atoms with Crippen LogP contribution in [0.4, 0.5) is 0 Å². The molecule has 0 heterocycles. The van der Waals surface area contributed by atoms with Gasteiger partial charge in [-0.25, -0.2) is 0 Å². The van der Waals surface area contributed by atoms with E-state index < -0.39 is 0 Å². The van der Waals surface area contributed by atoms with Gasteiger partial charge < -0.3 is 16.0 Å². The number of benzene rings is 1. The van der Waals surface area contributed by atoms with Crippen molar-refractivity contribution in [2.24, 2.45) is 16.3 Å². The topological polar surface area (TPSA) is 65.5 Å². The Morgan fingerprint density at radius 2 is 1.96 bits per heavy atom. The lowest BCUT2D eigenvalue weighted by Crippen LogP contribution is -2.43. The first-order chi connectivity index (χ1) is 12.5. The quantitative estimate of drug-likeness (QED) is 0.517. The van der Waals surface area contributed by atoms with Crippen LogP contribution in [0.15, 0.2) is 29.3 Å². The maximum atomic E-state index is 11.8. The van der Waals surface area contributed by atoms with Gasteiger partial charge in [-0.2, -0.15) is 0 Å². The highest BCUT2D eigenvalue weighted by Gasteiger charge is 2.34. The lowest BCUT2D eigenvalue weighted by atomic mass is 9.78. The van der Waals surface area contributed by atoms with E-state index in [0.29, 0.717) is 17.5 Å². The Hall–Kier alpha value is -2.04. The molecule has 5 nitrogen and oxygen atoms in total. The van der Waals surface area contributed by atoms with E-state index in [1.807, 2.05) is 24.3 Å². The van der Waals surface area contributed by atoms with Gasteiger partial charge in [0.1, 0.15) is 0 Å². The Labute approximate surface area is 158 Å². The smallest absolute Gasteiger partial charge is 0.251 e. The highest BCUT2D eigenvalue weighted by atomic mass is 16.1. The molecule has 1 aromatic rings. The fourth-order valence-electron chi connectivity index (χ4n) is 4.09. The fraction of sp³-hybridized carbons (Fsp3) is 0.619. The van der Waals surface area contributed by atoms with Crippen molar-refractivity contribution in [3.63, 3.8) is 0 Å². The molecule has 5 heteroatoms. The molecule has 3 N–H and O–H groups in total. The van der Waals surface area contributed by atoms with Crippen molar-refractivity contribution in [1.29, 1.82) is 0 Å². The predicted molar refractivity (Wildman–Crippen MR) is 108 cm³/mol. The van der Waals surface area contributed by atoms with Crippen LogP contribution in [0.1, 0.15) is 61.9 Å². The third-order valence-corrected chi connectivity index (χ3v) is 5.24. The molecule has 0 unspecified atom stereocenters. The molecule has 0 saturated heterocycles. The van der Waals surface area contributed by atoms with E-state index in [0.717, 1.165) is 24.0 Å². The van der Waals surface area contributed by atoms with Crippen molar-refractivity contribution in [2.75, 3.05) is 20.6 Å². The number of hydrogen-bond acceptors (Lipinski definition) is 2. The number of nitrogens with one attached hydrogen (secondary N) is 3.